The number of fused-ring (bicyclic) bond motifs is 3. The van der Waals surface area contributed by atoms with Gasteiger partial charge >= 0.3 is 30.0 Å². The van der Waals surface area contributed by atoms with E-state index < -0.39 is 65.0 Å². The first-order valence-corrected chi connectivity index (χ1v) is 25.8. The van der Waals surface area contributed by atoms with E-state index in [1.165, 1.54) is 0 Å². The molecule has 0 unspecified atom stereocenters. The lowest BCUT2D eigenvalue weighted by molar-refractivity contribution is -0.159. The van der Waals surface area contributed by atoms with Crippen LogP contribution in [0.5, 0.6) is 0 Å². The first-order chi connectivity index (χ1) is 34.4. The SMILES string of the molecule is Cc1ccccc1C[C@H](NC(=O)C1CCC(CNC(=O)OCC2c3ccccc3-c3ccccc32)CC1)C(=O)NCCCC[C@H](NC(=O)N[C@@H](CCC(=O)OC(C)(C)C)C(=O)OC(C)(C)C)C(=O)OC(C)(C)C. The number of benzene rings is 3. The lowest BCUT2D eigenvalue weighted by Crippen LogP contribution is -2.53. The second-order valence-electron chi connectivity index (χ2n) is 22.3. The molecule has 1 saturated carbocycles. The number of aryl methyl sites for hydroxylation is 1. The zero-order valence-corrected chi connectivity index (χ0v) is 44.6. The maximum absolute atomic E-state index is 13.9. The Morgan fingerprint density at radius 2 is 1.14 bits per heavy atom. The van der Waals surface area contributed by atoms with Crippen molar-refractivity contribution in [2.75, 3.05) is 19.7 Å². The second kappa shape index (κ2) is 26.0. The van der Waals surface area contributed by atoms with Gasteiger partial charge in [0.25, 0.3) is 0 Å². The zero-order valence-electron chi connectivity index (χ0n) is 44.6. The molecule has 5 rings (SSSR count). The Balaban J connectivity index is 1.11. The van der Waals surface area contributed by atoms with Crippen LogP contribution in [-0.2, 0) is 49.3 Å². The summed E-state index contributed by atoms with van der Waals surface area (Å²) in [6, 6.07) is 20.1. The number of amides is 5. The van der Waals surface area contributed by atoms with Crippen LogP contribution in [0, 0.1) is 18.8 Å². The normalized spacial score (nSPS) is 16.8. The third-order valence-corrected chi connectivity index (χ3v) is 12.7. The Kier molecular flexibility index (Phi) is 20.4. The predicted octanol–water partition coefficient (Wildman–Crippen LogP) is 8.50. The molecule has 16 heteroatoms. The highest BCUT2D eigenvalue weighted by Crippen LogP contribution is 2.44. The number of esters is 3. The summed E-state index contributed by atoms with van der Waals surface area (Å²) in [5.41, 5.74) is 4.06. The van der Waals surface area contributed by atoms with Crippen LogP contribution in [0.25, 0.3) is 11.1 Å². The maximum Gasteiger partial charge on any atom is 0.407 e. The lowest BCUT2D eigenvalue weighted by Gasteiger charge is -2.29. The van der Waals surface area contributed by atoms with E-state index in [1.807, 2.05) is 55.5 Å². The average Bonchev–Trinajstić information content (AvgIpc) is 3.63. The molecule has 3 atom stereocenters. The van der Waals surface area contributed by atoms with Crippen molar-refractivity contribution in [1.29, 1.82) is 0 Å². The summed E-state index contributed by atoms with van der Waals surface area (Å²) in [4.78, 5) is 93.1. The van der Waals surface area contributed by atoms with E-state index in [0.29, 0.717) is 32.2 Å². The summed E-state index contributed by atoms with van der Waals surface area (Å²) < 4.78 is 22.3. The number of carbonyl (C=O) groups is 7. The summed E-state index contributed by atoms with van der Waals surface area (Å²) in [5, 5.41) is 14.2. The molecule has 5 amide bonds. The van der Waals surface area contributed by atoms with Gasteiger partial charge in [0, 0.05) is 37.8 Å². The number of carbonyl (C=O) groups excluding carboxylic acids is 7. The predicted molar refractivity (Wildman–Crippen MR) is 278 cm³/mol. The lowest BCUT2D eigenvalue weighted by atomic mass is 9.81. The van der Waals surface area contributed by atoms with E-state index >= 15 is 0 Å². The minimum atomic E-state index is -1.23. The van der Waals surface area contributed by atoms with E-state index in [1.54, 1.807) is 62.3 Å². The van der Waals surface area contributed by atoms with E-state index in [4.69, 9.17) is 18.9 Å². The molecule has 5 N–H and O–H groups in total. The molecule has 0 aromatic heterocycles. The van der Waals surface area contributed by atoms with Gasteiger partial charge in [-0.3, -0.25) is 14.4 Å². The Morgan fingerprint density at radius 3 is 1.70 bits per heavy atom. The molecule has 0 aliphatic heterocycles. The maximum atomic E-state index is 13.9. The Labute approximate surface area is 431 Å². The first-order valence-electron chi connectivity index (χ1n) is 25.8. The van der Waals surface area contributed by atoms with Crippen molar-refractivity contribution in [3.05, 3.63) is 95.1 Å². The summed E-state index contributed by atoms with van der Waals surface area (Å²) in [6.07, 6.45) is 3.17. The second-order valence-corrected chi connectivity index (χ2v) is 22.3. The third kappa shape index (κ3) is 18.8. The number of ether oxygens (including phenoxy) is 4. The smallest absolute Gasteiger partial charge is 0.407 e. The van der Waals surface area contributed by atoms with Gasteiger partial charge in [0.1, 0.15) is 41.5 Å². The van der Waals surface area contributed by atoms with Crippen LogP contribution in [0.2, 0.25) is 0 Å². The molecule has 1 fully saturated rings. The van der Waals surface area contributed by atoms with E-state index in [0.717, 1.165) is 46.2 Å². The quantitative estimate of drug-likeness (QED) is 0.0387. The van der Waals surface area contributed by atoms with E-state index in [9.17, 15) is 33.6 Å². The van der Waals surface area contributed by atoms with Gasteiger partial charge in [-0.1, -0.05) is 72.8 Å². The molecule has 0 spiro atoms. The van der Waals surface area contributed by atoms with Crippen LogP contribution in [-0.4, -0.2) is 96.5 Å². The minimum absolute atomic E-state index is 0.0299. The highest BCUT2D eigenvalue weighted by molar-refractivity contribution is 5.89. The van der Waals surface area contributed by atoms with E-state index in [2.05, 4.69) is 50.8 Å². The Morgan fingerprint density at radius 1 is 0.603 bits per heavy atom. The number of rotatable bonds is 21. The Hall–Kier alpha value is -6.45. The number of urea groups is 1. The number of nitrogens with one attached hydrogen (secondary N) is 5. The molecule has 2 aliphatic rings. The summed E-state index contributed by atoms with van der Waals surface area (Å²) in [6.45, 7) is 18.2. The van der Waals surface area contributed by atoms with Crippen LogP contribution >= 0.6 is 0 Å². The van der Waals surface area contributed by atoms with Gasteiger partial charge in [-0.2, -0.15) is 0 Å². The third-order valence-electron chi connectivity index (χ3n) is 12.7. The molecule has 398 valence electrons. The summed E-state index contributed by atoms with van der Waals surface area (Å²) in [5.74, 6) is -2.67. The fourth-order valence-corrected chi connectivity index (χ4v) is 9.13. The van der Waals surface area contributed by atoms with Gasteiger partial charge in [0.05, 0.1) is 0 Å². The highest BCUT2D eigenvalue weighted by atomic mass is 16.6. The van der Waals surface area contributed by atoms with Crippen LogP contribution in [0.1, 0.15) is 148 Å². The van der Waals surface area contributed by atoms with E-state index in [-0.39, 0.29) is 68.4 Å². The molecular weight excluding hydrogens is 931 g/mol. The largest absolute Gasteiger partial charge is 0.460 e. The molecular formula is C57H79N5O11. The fraction of sp³-hybridized carbons (Fsp3) is 0.561. The molecule has 3 aromatic rings. The van der Waals surface area contributed by atoms with Gasteiger partial charge in [-0.15, -0.1) is 0 Å². The van der Waals surface area contributed by atoms with Crippen molar-refractivity contribution >= 4 is 41.8 Å². The summed E-state index contributed by atoms with van der Waals surface area (Å²) >= 11 is 0. The van der Waals surface area contributed by atoms with Gasteiger partial charge in [0.2, 0.25) is 11.8 Å². The minimum Gasteiger partial charge on any atom is -0.460 e. The zero-order chi connectivity index (χ0) is 53.5. The number of hydrogen-bond donors (Lipinski definition) is 5. The first kappa shape index (κ1) is 57.5. The van der Waals surface area contributed by atoms with Gasteiger partial charge in [-0.25, -0.2) is 19.2 Å². The van der Waals surface area contributed by atoms with Crippen molar-refractivity contribution in [2.45, 2.75) is 174 Å². The summed E-state index contributed by atoms with van der Waals surface area (Å²) in [7, 11) is 0. The molecule has 0 saturated heterocycles. The van der Waals surface area contributed by atoms with Gasteiger partial charge < -0.3 is 45.5 Å². The van der Waals surface area contributed by atoms with Crippen molar-refractivity contribution in [1.82, 2.24) is 26.6 Å². The highest BCUT2D eigenvalue weighted by Gasteiger charge is 2.34. The molecule has 16 nitrogen and oxygen atoms in total. The molecule has 2 aliphatic carbocycles. The van der Waals surface area contributed by atoms with Crippen molar-refractivity contribution in [2.24, 2.45) is 11.8 Å². The van der Waals surface area contributed by atoms with Crippen molar-refractivity contribution in [3.63, 3.8) is 0 Å². The Bertz CT molecular complexity index is 2350. The molecule has 0 radical (unpaired) electrons. The fourth-order valence-electron chi connectivity index (χ4n) is 9.13. The van der Waals surface area contributed by atoms with Crippen molar-refractivity contribution in [3.8, 4) is 11.1 Å². The topological polar surface area (TPSA) is 217 Å². The monoisotopic (exact) mass is 1010 g/mol. The average molecular weight is 1010 g/mol. The van der Waals surface area contributed by atoms with Crippen LogP contribution in [0.4, 0.5) is 9.59 Å². The number of hydrogen-bond acceptors (Lipinski definition) is 11. The van der Waals surface area contributed by atoms with Crippen LogP contribution in [0.15, 0.2) is 72.8 Å². The number of alkyl carbamates (subject to hydrolysis) is 1. The molecule has 73 heavy (non-hydrogen) atoms. The molecule has 0 bridgehead atoms. The van der Waals surface area contributed by atoms with Crippen molar-refractivity contribution < 1.29 is 52.5 Å². The van der Waals surface area contributed by atoms with Crippen LogP contribution in [0.3, 0.4) is 0 Å². The standard InChI is InChI=1S/C57H79N5O11/c1-36-19-11-12-20-39(36)33-47(60-49(64)38-28-26-37(27-29-38)34-59-54(69)70-35-44-42-23-15-13-21-40(42)41-22-14-16-24-43(41)44)50(65)58-32-18-17-25-45(51(66)72-56(5,6)7)61-53(68)62-46(52(67)73-57(8,9)10)30-31-48(63)71-55(2,3)4/h11-16,19-24,37-38,44-47H,17-18,25-35H2,1-10H3,(H,58,65)(H,59,69)(H,60,64)(H2,61,62,68)/t37?,38?,45-,46-,47-/m0/s1. The van der Waals surface area contributed by atoms with Gasteiger partial charge in [0.15, 0.2) is 0 Å². The number of unbranched alkanes of at least 4 members (excludes halogenated alkanes) is 1. The molecule has 3 aromatic carbocycles. The van der Waals surface area contributed by atoms with Gasteiger partial charge in [-0.05, 0) is 160 Å². The van der Waals surface area contributed by atoms with Crippen LogP contribution < -0.4 is 26.6 Å². The molecule has 0 heterocycles.